The summed E-state index contributed by atoms with van der Waals surface area (Å²) in [7, 11) is 1.47. The molecule has 1 aromatic rings. The van der Waals surface area contributed by atoms with Crippen molar-refractivity contribution in [2.24, 2.45) is 5.92 Å². The van der Waals surface area contributed by atoms with Gasteiger partial charge in [0.05, 0.1) is 7.11 Å². The summed E-state index contributed by atoms with van der Waals surface area (Å²) in [6, 6.07) is 3.87. The molecule has 0 bridgehead atoms. The topological polar surface area (TPSA) is 83.6 Å². The second-order valence-corrected chi connectivity index (χ2v) is 6.73. The highest BCUT2D eigenvalue weighted by Crippen LogP contribution is 2.30. The number of piperidine rings is 2. The van der Waals surface area contributed by atoms with E-state index in [0.717, 1.165) is 25.9 Å². The van der Waals surface area contributed by atoms with Gasteiger partial charge in [-0.25, -0.2) is 4.98 Å². The number of hydrogen-bond acceptors (Lipinski definition) is 5. The molecule has 2 amide bonds. The Labute approximate surface area is 148 Å². The summed E-state index contributed by atoms with van der Waals surface area (Å²) in [6.07, 6.45) is 7.56. The van der Waals surface area contributed by atoms with Crippen LogP contribution in [-0.2, 0) is 9.59 Å². The highest BCUT2D eigenvalue weighted by molar-refractivity contribution is 6.39. The highest BCUT2D eigenvalue weighted by Gasteiger charge is 2.33. The molecule has 0 radical (unpaired) electrons. The number of ether oxygens (including phenoxy) is 1. The van der Waals surface area contributed by atoms with Crippen LogP contribution in [0.2, 0.25) is 0 Å². The molecule has 2 atom stereocenters. The van der Waals surface area contributed by atoms with Gasteiger partial charge in [-0.1, -0.05) is 6.42 Å². The first-order valence-corrected chi connectivity index (χ1v) is 9.01. The molecule has 3 heterocycles. The number of carbonyl (C=O) groups excluding carboxylic acids is 2. The lowest BCUT2D eigenvalue weighted by molar-refractivity contribution is -0.136. The van der Waals surface area contributed by atoms with Gasteiger partial charge in [-0.2, -0.15) is 0 Å². The third-order valence-electron chi connectivity index (χ3n) is 5.17. The number of nitrogens with one attached hydrogen (secondary N) is 2. The number of amides is 2. The fourth-order valence-corrected chi connectivity index (χ4v) is 3.95. The number of pyridine rings is 1. The molecule has 1 aromatic heterocycles. The Morgan fingerprint density at radius 3 is 2.92 bits per heavy atom. The summed E-state index contributed by atoms with van der Waals surface area (Å²) in [5.41, 5.74) is 0.390. The summed E-state index contributed by atoms with van der Waals surface area (Å²) in [6.45, 7) is 2.88. The number of nitrogens with zero attached hydrogens (tertiary/aromatic N) is 2. The van der Waals surface area contributed by atoms with Gasteiger partial charge >= 0.3 is 11.8 Å². The molecule has 0 spiro atoms. The van der Waals surface area contributed by atoms with Gasteiger partial charge < -0.3 is 20.3 Å². The molecule has 0 saturated carbocycles. The van der Waals surface area contributed by atoms with Gasteiger partial charge in [-0.3, -0.25) is 9.59 Å². The molecule has 2 aliphatic heterocycles. The van der Waals surface area contributed by atoms with Crippen molar-refractivity contribution in [3.8, 4) is 5.88 Å². The fraction of sp³-hybridized carbons (Fsp3) is 0.611. The summed E-state index contributed by atoms with van der Waals surface area (Å²) in [4.78, 5) is 30.8. The minimum atomic E-state index is -0.692. The molecule has 0 aromatic carbocycles. The van der Waals surface area contributed by atoms with Crippen LogP contribution >= 0.6 is 0 Å². The number of hydrogen-bond donors (Lipinski definition) is 2. The van der Waals surface area contributed by atoms with Crippen LogP contribution in [0.1, 0.15) is 32.1 Å². The van der Waals surface area contributed by atoms with Crippen molar-refractivity contribution >= 4 is 17.5 Å². The number of anilines is 1. The predicted octanol–water partition coefficient (Wildman–Crippen LogP) is 1.41. The lowest BCUT2D eigenvalue weighted by Crippen LogP contribution is -2.51. The van der Waals surface area contributed by atoms with E-state index >= 15 is 0 Å². The van der Waals surface area contributed by atoms with Gasteiger partial charge in [0.2, 0.25) is 5.88 Å². The maximum absolute atomic E-state index is 12.2. The van der Waals surface area contributed by atoms with Crippen molar-refractivity contribution in [3.05, 3.63) is 18.3 Å². The van der Waals surface area contributed by atoms with Crippen LogP contribution in [0.4, 0.5) is 5.69 Å². The first kappa shape index (κ1) is 17.7. The Morgan fingerprint density at radius 2 is 2.08 bits per heavy atom. The third-order valence-corrected chi connectivity index (χ3v) is 5.17. The minimum absolute atomic E-state index is 0.286. The number of methoxy groups -OCH3 is 1. The molecule has 2 N–H and O–H groups in total. The summed E-state index contributed by atoms with van der Waals surface area (Å²) >= 11 is 0. The molecular weight excluding hydrogens is 320 g/mol. The zero-order valence-corrected chi connectivity index (χ0v) is 14.7. The van der Waals surface area contributed by atoms with Crippen LogP contribution in [-0.4, -0.2) is 54.5 Å². The average Bonchev–Trinajstić information content (AvgIpc) is 2.66. The van der Waals surface area contributed by atoms with E-state index in [2.05, 4.69) is 20.5 Å². The zero-order chi connectivity index (χ0) is 17.6. The summed E-state index contributed by atoms with van der Waals surface area (Å²) < 4.78 is 5.08. The molecule has 2 aliphatic rings. The second kappa shape index (κ2) is 8.29. The number of carbonyl (C=O) groups is 2. The average molecular weight is 346 g/mol. The maximum atomic E-state index is 12.2. The van der Waals surface area contributed by atoms with E-state index in [1.807, 2.05) is 0 Å². The van der Waals surface area contributed by atoms with E-state index in [1.54, 1.807) is 18.3 Å². The van der Waals surface area contributed by atoms with Gasteiger partial charge in [0.1, 0.15) is 5.69 Å². The standard InChI is InChI=1S/C18H26N4O3/c1-25-18-14(7-4-9-19-18)21-17(24)16(23)20-12-13-6-5-11-22-10-3-2-8-15(13)22/h4,7,9,13,15H,2-3,5-6,8,10-12H2,1H3,(H,20,23)(H,21,24)/t13-,15-/m0/s1. The van der Waals surface area contributed by atoms with Gasteiger partial charge in [-0.15, -0.1) is 0 Å². The quantitative estimate of drug-likeness (QED) is 0.806. The smallest absolute Gasteiger partial charge is 0.313 e. The molecule has 7 heteroatoms. The summed E-state index contributed by atoms with van der Waals surface area (Å²) in [5, 5.41) is 5.36. The van der Waals surface area contributed by atoms with E-state index in [-0.39, 0.29) is 5.88 Å². The highest BCUT2D eigenvalue weighted by atomic mass is 16.5. The van der Waals surface area contributed by atoms with Crippen molar-refractivity contribution < 1.29 is 14.3 Å². The van der Waals surface area contributed by atoms with Crippen molar-refractivity contribution in [1.29, 1.82) is 0 Å². The fourth-order valence-electron chi connectivity index (χ4n) is 3.95. The van der Waals surface area contributed by atoms with Crippen LogP contribution in [0.25, 0.3) is 0 Å². The Balaban J connectivity index is 1.52. The van der Waals surface area contributed by atoms with Crippen LogP contribution in [0.15, 0.2) is 18.3 Å². The van der Waals surface area contributed by atoms with E-state index in [0.29, 0.717) is 24.2 Å². The minimum Gasteiger partial charge on any atom is -0.480 e. The maximum Gasteiger partial charge on any atom is 0.313 e. The van der Waals surface area contributed by atoms with Gasteiger partial charge in [-0.05, 0) is 56.8 Å². The predicted molar refractivity (Wildman–Crippen MR) is 94.4 cm³/mol. The van der Waals surface area contributed by atoms with Crippen LogP contribution in [0, 0.1) is 5.92 Å². The van der Waals surface area contributed by atoms with Crippen LogP contribution in [0.5, 0.6) is 5.88 Å². The van der Waals surface area contributed by atoms with Gasteiger partial charge in [0.25, 0.3) is 0 Å². The van der Waals surface area contributed by atoms with Crippen molar-refractivity contribution in [1.82, 2.24) is 15.2 Å². The van der Waals surface area contributed by atoms with Crippen molar-refractivity contribution in [2.45, 2.75) is 38.1 Å². The van der Waals surface area contributed by atoms with E-state index in [4.69, 9.17) is 4.74 Å². The first-order chi connectivity index (χ1) is 12.2. The molecule has 136 valence electrons. The molecule has 0 aliphatic carbocycles. The zero-order valence-electron chi connectivity index (χ0n) is 14.7. The number of rotatable bonds is 4. The number of aromatic nitrogens is 1. The molecule has 25 heavy (non-hydrogen) atoms. The van der Waals surface area contributed by atoms with E-state index < -0.39 is 11.8 Å². The molecular formula is C18H26N4O3. The Bertz CT molecular complexity index is 620. The van der Waals surface area contributed by atoms with Crippen LogP contribution < -0.4 is 15.4 Å². The molecule has 3 rings (SSSR count). The molecule has 2 fully saturated rings. The first-order valence-electron chi connectivity index (χ1n) is 9.01. The Hall–Kier alpha value is -2.15. The molecule has 2 saturated heterocycles. The van der Waals surface area contributed by atoms with E-state index in [1.165, 1.54) is 26.4 Å². The number of fused-ring (bicyclic) bond motifs is 1. The SMILES string of the molecule is COc1ncccc1NC(=O)C(=O)NC[C@@H]1CCCN2CCCC[C@@H]12. The normalized spacial score (nSPS) is 23.4. The largest absolute Gasteiger partial charge is 0.480 e. The third kappa shape index (κ3) is 4.28. The second-order valence-electron chi connectivity index (χ2n) is 6.73. The molecule has 7 nitrogen and oxygen atoms in total. The van der Waals surface area contributed by atoms with Gasteiger partial charge in [0, 0.05) is 18.8 Å². The monoisotopic (exact) mass is 346 g/mol. The van der Waals surface area contributed by atoms with Crippen molar-refractivity contribution in [3.63, 3.8) is 0 Å². The lowest BCUT2D eigenvalue weighted by Gasteiger charge is -2.44. The Morgan fingerprint density at radius 1 is 1.24 bits per heavy atom. The van der Waals surface area contributed by atoms with E-state index in [9.17, 15) is 9.59 Å². The van der Waals surface area contributed by atoms with Gasteiger partial charge in [0.15, 0.2) is 0 Å². The van der Waals surface area contributed by atoms with Crippen molar-refractivity contribution in [2.75, 3.05) is 32.1 Å². The summed E-state index contributed by atoms with van der Waals surface area (Å²) in [5.74, 6) is -0.589. The Kier molecular flexibility index (Phi) is 5.86. The molecule has 0 unspecified atom stereocenters. The van der Waals surface area contributed by atoms with Crippen LogP contribution in [0.3, 0.4) is 0 Å². The lowest BCUT2D eigenvalue weighted by atomic mass is 9.83.